The van der Waals surface area contributed by atoms with Crippen molar-refractivity contribution in [2.75, 3.05) is 19.8 Å². The first kappa shape index (κ1) is 35.2. The third-order valence-corrected chi connectivity index (χ3v) is 8.89. The summed E-state index contributed by atoms with van der Waals surface area (Å²) in [5.74, 6) is 0.354. The minimum Gasteiger partial charge on any atom is -0.504 e. The number of phenols is 1. The Morgan fingerprint density at radius 1 is 1.00 bits per heavy atom. The summed E-state index contributed by atoms with van der Waals surface area (Å²) in [5.41, 5.74) is 14.2. The molecule has 5 rings (SSSR count). The van der Waals surface area contributed by atoms with Crippen molar-refractivity contribution in [3.05, 3.63) is 118 Å². The van der Waals surface area contributed by atoms with Crippen molar-refractivity contribution < 1.29 is 29.8 Å². The number of fused-ring (bicyclic) bond motifs is 1. The first-order valence-corrected chi connectivity index (χ1v) is 17.0. The lowest BCUT2D eigenvalue weighted by Gasteiger charge is -2.16. The van der Waals surface area contributed by atoms with Crippen molar-refractivity contribution in [2.45, 2.75) is 76.7 Å². The second kappa shape index (κ2) is 17.3. The summed E-state index contributed by atoms with van der Waals surface area (Å²) in [6.07, 6.45) is 6.44. The van der Waals surface area contributed by atoms with E-state index in [0.29, 0.717) is 25.3 Å². The molecule has 9 nitrogen and oxygen atoms in total. The van der Waals surface area contributed by atoms with Crippen LogP contribution in [0.1, 0.15) is 67.4 Å². The van der Waals surface area contributed by atoms with E-state index in [1.165, 1.54) is 22.3 Å². The van der Waals surface area contributed by atoms with Gasteiger partial charge in [0.15, 0.2) is 11.5 Å². The predicted molar refractivity (Wildman–Crippen MR) is 188 cm³/mol. The smallest absolute Gasteiger partial charge is 0.227 e. The van der Waals surface area contributed by atoms with Crippen LogP contribution in [0.15, 0.2) is 101 Å². The highest BCUT2D eigenvalue weighted by atomic mass is 16.5. The minimum absolute atomic E-state index is 0.0287. The molecule has 0 aliphatic carbocycles. The number of ketones is 1. The number of hydrogen-bond acceptors (Lipinski definition) is 8. The zero-order valence-electron chi connectivity index (χ0n) is 27.8. The summed E-state index contributed by atoms with van der Waals surface area (Å²) in [6.45, 7) is 3.82. The third kappa shape index (κ3) is 10.2. The first-order chi connectivity index (χ1) is 23.3. The molecule has 0 spiro atoms. The average Bonchev–Trinajstić information content (AvgIpc) is 3.65. The normalized spacial score (nSPS) is 17.2. The van der Waals surface area contributed by atoms with E-state index in [4.69, 9.17) is 10.5 Å². The fourth-order valence-electron chi connectivity index (χ4n) is 6.26. The Morgan fingerprint density at radius 2 is 1.81 bits per heavy atom. The summed E-state index contributed by atoms with van der Waals surface area (Å²) in [5, 5.41) is 33.9. The fourth-order valence-corrected chi connectivity index (χ4v) is 6.26. The molecule has 0 amide bonds. The number of quaternary nitrogens is 1. The molecule has 0 fully saturated rings. The van der Waals surface area contributed by atoms with Crippen molar-refractivity contribution in [3.8, 4) is 11.5 Å². The number of nitrogens with zero attached hydrogens (tertiary/aromatic N) is 1. The zero-order chi connectivity index (χ0) is 33.9. The van der Waals surface area contributed by atoms with Crippen LogP contribution >= 0.6 is 0 Å². The van der Waals surface area contributed by atoms with Crippen LogP contribution in [0, 0.1) is 0 Å². The number of aliphatic hydroxyl groups is 2. The molecular weight excluding hydrogens is 604 g/mol. The van der Waals surface area contributed by atoms with E-state index in [1.807, 2.05) is 19.2 Å². The minimum atomic E-state index is -0.837. The fraction of sp³-hybridized carbons (Fsp3) is 0.385. The van der Waals surface area contributed by atoms with Crippen LogP contribution in [0.5, 0.6) is 11.5 Å². The van der Waals surface area contributed by atoms with Gasteiger partial charge >= 0.3 is 0 Å². The number of ether oxygens (including phenoxy) is 1. The molecule has 0 aromatic heterocycles. The SMILES string of the molecule is CCCC(O)CC(O)CC(=O)CCc1ccc(O)c(OC[NH+]2C=C3N=CC(Cc4cccc(C(N)NCCc5ccccc5)c4)=C3C2)c1. The number of phenolic OH excluding ortho intramolecular Hbond substituents is 1. The second-order valence-electron chi connectivity index (χ2n) is 12.9. The molecular formula is C39H49N4O5+. The summed E-state index contributed by atoms with van der Waals surface area (Å²) in [6, 6.07) is 23.9. The van der Waals surface area contributed by atoms with Crippen molar-refractivity contribution >= 4 is 12.0 Å². The monoisotopic (exact) mass is 653 g/mol. The number of Topliss-reactive ketones (excluding diaryl/α,β-unsaturated/α-hetero) is 1. The van der Waals surface area contributed by atoms with Gasteiger partial charge < -0.3 is 25.8 Å². The average molecular weight is 654 g/mol. The van der Waals surface area contributed by atoms with E-state index in [-0.39, 0.29) is 37.0 Å². The van der Waals surface area contributed by atoms with Crippen LogP contribution in [0.3, 0.4) is 0 Å². The van der Waals surface area contributed by atoms with Gasteiger partial charge in [0, 0.05) is 31.2 Å². The number of nitrogens with two attached hydrogens (primary N) is 1. The molecule has 0 saturated heterocycles. The quantitative estimate of drug-likeness (QED) is 0.108. The van der Waals surface area contributed by atoms with E-state index < -0.39 is 12.2 Å². The molecule has 2 aliphatic rings. The van der Waals surface area contributed by atoms with Crippen molar-refractivity contribution in [2.24, 2.45) is 10.7 Å². The summed E-state index contributed by atoms with van der Waals surface area (Å²) >= 11 is 0. The third-order valence-electron chi connectivity index (χ3n) is 8.89. The standard InChI is InChI=1S/C39H48N4O5/c1-2-7-32(44)21-34(46)22-33(45)14-12-28-13-15-37(47)38(20-28)48-26-43-24-35-31(23-42-36(35)25-43)19-29-10-6-11-30(18-29)39(40)41-17-16-27-8-4-3-5-9-27/h3-6,8-11,13,15,18,20,23,25,32,34,39,41,44,46-47H,2,7,12,14,16-17,19,21-22,24,26,40H2,1H3/p+1. The summed E-state index contributed by atoms with van der Waals surface area (Å²) in [7, 11) is 0. The Bertz CT molecular complexity index is 1620. The van der Waals surface area contributed by atoms with E-state index in [0.717, 1.165) is 54.1 Å². The Morgan fingerprint density at radius 3 is 2.62 bits per heavy atom. The molecule has 3 aromatic carbocycles. The Kier molecular flexibility index (Phi) is 12.7. The number of aliphatic imine (C=N–C) groups is 1. The molecule has 0 saturated carbocycles. The van der Waals surface area contributed by atoms with Gasteiger partial charge in [-0.1, -0.05) is 74.0 Å². The lowest BCUT2D eigenvalue weighted by atomic mass is 9.99. The molecule has 0 radical (unpaired) electrons. The number of rotatable bonds is 19. The number of allylic oxidation sites excluding steroid dienone is 1. The maximum Gasteiger partial charge on any atom is 0.227 e. The molecule has 4 atom stereocenters. The first-order valence-electron chi connectivity index (χ1n) is 17.0. The van der Waals surface area contributed by atoms with E-state index in [2.05, 4.69) is 65.0 Å². The number of aryl methyl sites for hydroxylation is 1. The number of hydrogen-bond donors (Lipinski definition) is 6. The number of carbonyl (C=O) groups is 1. The Labute approximate surface area is 283 Å². The van der Waals surface area contributed by atoms with Gasteiger partial charge in [0.1, 0.15) is 24.2 Å². The van der Waals surface area contributed by atoms with Gasteiger partial charge in [-0.25, -0.2) is 0 Å². The Hall–Kier alpha value is -4.12. The van der Waals surface area contributed by atoms with Gasteiger partial charge in [0.25, 0.3) is 0 Å². The van der Waals surface area contributed by atoms with Crippen LogP contribution in [0.4, 0.5) is 0 Å². The highest BCUT2D eigenvalue weighted by Crippen LogP contribution is 2.28. The van der Waals surface area contributed by atoms with Crippen LogP contribution < -0.4 is 20.7 Å². The number of benzene rings is 3. The van der Waals surface area contributed by atoms with Gasteiger partial charge in [-0.2, -0.15) is 0 Å². The number of aromatic hydroxyl groups is 1. The number of nitrogens with one attached hydrogen (secondary N) is 2. The highest BCUT2D eigenvalue weighted by molar-refractivity contribution is 5.87. The molecule has 3 aromatic rings. The lowest BCUT2D eigenvalue weighted by Crippen LogP contribution is -3.07. The number of aliphatic hydroxyl groups excluding tert-OH is 2. The topological polar surface area (TPSA) is 142 Å². The van der Waals surface area contributed by atoms with Crippen molar-refractivity contribution in [1.82, 2.24) is 5.32 Å². The maximum absolute atomic E-state index is 12.4. The summed E-state index contributed by atoms with van der Waals surface area (Å²) in [4.78, 5) is 18.2. The predicted octanol–water partition coefficient (Wildman–Crippen LogP) is 3.69. The molecule has 0 bridgehead atoms. The second-order valence-corrected chi connectivity index (χ2v) is 12.9. The van der Waals surface area contributed by atoms with Gasteiger partial charge in [0.2, 0.25) is 6.73 Å². The van der Waals surface area contributed by atoms with Crippen LogP contribution in [0.2, 0.25) is 0 Å². The van der Waals surface area contributed by atoms with Crippen LogP contribution in [-0.4, -0.2) is 59.3 Å². The van der Waals surface area contributed by atoms with Gasteiger partial charge in [-0.3, -0.25) is 20.0 Å². The largest absolute Gasteiger partial charge is 0.504 e. The van der Waals surface area contributed by atoms with Gasteiger partial charge in [-0.05, 0) is 72.1 Å². The van der Waals surface area contributed by atoms with Crippen LogP contribution in [-0.2, 0) is 24.1 Å². The summed E-state index contributed by atoms with van der Waals surface area (Å²) < 4.78 is 6.04. The van der Waals surface area contributed by atoms with E-state index in [1.54, 1.807) is 18.2 Å². The molecule has 2 heterocycles. The van der Waals surface area contributed by atoms with Crippen molar-refractivity contribution in [1.29, 1.82) is 0 Å². The zero-order valence-corrected chi connectivity index (χ0v) is 27.8. The van der Waals surface area contributed by atoms with E-state index in [9.17, 15) is 20.1 Å². The van der Waals surface area contributed by atoms with Gasteiger partial charge in [0.05, 0.1) is 18.4 Å². The van der Waals surface area contributed by atoms with E-state index >= 15 is 0 Å². The van der Waals surface area contributed by atoms with Crippen molar-refractivity contribution in [3.63, 3.8) is 0 Å². The highest BCUT2D eigenvalue weighted by Gasteiger charge is 2.29. The Balaban J connectivity index is 1.10. The van der Waals surface area contributed by atoms with Gasteiger partial charge in [-0.15, -0.1) is 0 Å². The lowest BCUT2D eigenvalue weighted by molar-refractivity contribution is -0.855. The maximum atomic E-state index is 12.4. The van der Waals surface area contributed by atoms with Crippen LogP contribution in [0.25, 0.3) is 0 Å². The molecule has 4 unspecified atom stereocenters. The molecule has 7 N–H and O–H groups in total. The molecule has 9 heteroatoms. The molecule has 254 valence electrons. The molecule has 2 aliphatic heterocycles. The molecule has 48 heavy (non-hydrogen) atoms. The number of carbonyl (C=O) groups excluding carboxylic acids is 1.